The van der Waals surface area contributed by atoms with Crippen molar-refractivity contribution >= 4 is 17.8 Å². The lowest BCUT2D eigenvalue weighted by Crippen LogP contribution is -2.40. The standard InChI is InChI=1S/C26H23FN4O4/c1-26-22(23(26)31-25(33)29-13-14-4-2-3-5-18(14)27)17-12-15(6-8-20(17)35-26)34-19-10-11-28-24-16(19)7-9-21(32)30-24/h2-6,8,10-12,22-23H,7,9,13H2,1H3,(H,28,30,32)(H2,29,31,33)/t22-,23-,26?/m0/s1. The summed E-state index contributed by atoms with van der Waals surface area (Å²) in [5.74, 6) is 2.14. The van der Waals surface area contributed by atoms with Crippen molar-refractivity contribution in [1.29, 1.82) is 0 Å². The number of urea groups is 1. The average Bonchev–Trinajstić information content (AvgIpc) is 3.26. The molecular weight excluding hydrogens is 451 g/mol. The minimum Gasteiger partial charge on any atom is -0.484 e. The molecule has 1 aliphatic carbocycles. The summed E-state index contributed by atoms with van der Waals surface area (Å²) in [4.78, 5) is 28.4. The Morgan fingerprint density at radius 1 is 1.26 bits per heavy atom. The number of fused-ring (bicyclic) bond motifs is 4. The molecule has 0 radical (unpaired) electrons. The van der Waals surface area contributed by atoms with E-state index in [-0.39, 0.29) is 36.3 Å². The molecular formula is C26H23FN4O4. The van der Waals surface area contributed by atoms with Gasteiger partial charge < -0.3 is 25.4 Å². The quantitative estimate of drug-likeness (QED) is 0.519. The normalized spacial score (nSPS) is 23.2. The van der Waals surface area contributed by atoms with E-state index in [1.807, 2.05) is 25.1 Å². The van der Waals surface area contributed by atoms with E-state index in [0.29, 0.717) is 35.7 Å². The van der Waals surface area contributed by atoms with Crippen LogP contribution < -0.4 is 25.4 Å². The Balaban J connectivity index is 1.14. The summed E-state index contributed by atoms with van der Waals surface area (Å²) >= 11 is 0. The van der Waals surface area contributed by atoms with Gasteiger partial charge in [-0.3, -0.25) is 4.79 Å². The zero-order valence-corrected chi connectivity index (χ0v) is 18.9. The molecule has 2 aliphatic heterocycles. The second kappa shape index (κ2) is 7.97. The molecule has 0 saturated heterocycles. The summed E-state index contributed by atoms with van der Waals surface area (Å²) in [5, 5.41) is 8.44. The Bertz CT molecular complexity index is 1360. The number of amides is 3. The molecule has 3 atom stereocenters. The van der Waals surface area contributed by atoms with Crippen LogP contribution in [0.3, 0.4) is 0 Å². The van der Waals surface area contributed by atoms with Gasteiger partial charge in [0.25, 0.3) is 0 Å². The Morgan fingerprint density at radius 3 is 2.97 bits per heavy atom. The van der Waals surface area contributed by atoms with Gasteiger partial charge >= 0.3 is 6.03 Å². The maximum atomic E-state index is 13.8. The van der Waals surface area contributed by atoms with Gasteiger partial charge in [0, 0.05) is 35.9 Å². The zero-order valence-electron chi connectivity index (χ0n) is 18.9. The molecule has 3 N–H and O–H groups in total. The molecule has 1 unspecified atom stereocenters. The molecule has 1 fully saturated rings. The number of benzene rings is 2. The number of aromatic nitrogens is 1. The molecule has 8 nitrogen and oxygen atoms in total. The summed E-state index contributed by atoms with van der Waals surface area (Å²) in [6.07, 6.45) is 2.56. The third-order valence-corrected chi connectivity index (χ3v) is 6.89. The highest BCUT2D eigenvalue weighted by atomic mass is 19.1. The number of nitrogens with zero attached hydrogens (tertiary/aromatic N) is 1. The lowest BCUT2D eigenvalue weighted by molar-refractivity contribution is -0.116. The number of hydrogen-bond acceptors (Lipinski definition) is 5. The molecule has 3 amide bonds. The molecule has 1 saturated carbocycles. The number of hydrogen-bond donors (Lipinski definition) is 3. The van der Waals surface area contributed by atoms with Gasteiger partial charge in [0.15, 0.2) is 0 Å². The molecule has 6 rings (SSSR count). The van der Waals surface area contributed by atoms with Gasteiger partial charge in [0.05, 0.1) is 12.0 Å². The van der Waals surface area contributed by atoms with Crippen molar-refractivity contribution < 1.29 is 23.5 Å². The number of carbonyl (C=O) groups excluding carboxylic acids is 2. The maximum Gasteiger partial charge on any atom is 0.315 e. The molecule has 3 heterocycles. The highest BCUT2D eigenvalue weighted by Gasteiger charge is 2.70. The topological polar surface area (TPSA) is 102 Å². The zero-order chi connectivity index (χ0) is 24.2. The molecule has 3 aromatic rings. The van der Waals surface area contributed by atoms with E-state index in [1.54, 1.807) is 30.5 Å². The smallest absolute Gasteiger partial charge is 0.315 e. The fraction of sp³-hybridized carbons (Fsp3) is 0.269. The van der Waals surface area contributed by atoms with Crippen molar-refractivity contribution in [2.45, 2.75) is 43.9 Å². The maximum absolute atomic E-state index is 13.8. The van der Waals surface area contributed by atoms with E-state index >= 15 is 0 Å². The van der Waals surface area contributed by atoms with E-state index in [2.05, 4.69) is 20.9 Å². The first-order valence-corrected chi connectivity index (χ1v) is 11.5. The summed E-state index contributed by atoms with van der Waals surface area (Å²) in [6.45, 7) is 2.06. The number of nitrogens with one attached hydrogen (secondary N) is 3. The van der Waals surface area contributed by atoms with E-state index in [1.165, 1.54) is 6.07 Å². The largest absolute Gasteiger partial charge is 0.484 e. The fourth-order valence-corrected chi connectivity index (χ4v) is 4.98. The van der Waals surface area contributed by atoms with Gasteiger partial charge in [-0.15, -0.1) is 0 Å². The average molecular weight is 474 g/mol. The number of rotatable bonds is 5. The molecule has 0 spiro atoms. The van der Waals surface area contributed by atoms with Gasteiger partial charge in [0.2, 0.25) is 5.91 Å². The monoisotopic (exact) mass is 474 g/mol. The van der Waals surface area contributed by atoms with Crippen molar-refractivity contribution in [2.24, 2.45) is 0 Å². The van der Waals surface area contributed by atoms with E-state index in [9.17, 15) is 14.0 Å². The van der Waals surface area contributed by atoms with Gasteiger partial charge in [-0.2, -0.15) is 0 Å². The van der Waals surface area contributed by atoms with E-state index in [4.69, 9.17) is 9.47 Å². The van der Waals surface area contributed by atoms with Crippen LogP contribution >= 0.6 is 0 Å². The van der Waals surface area contributed by atoms with E-state index in [0.717, 1.165) is 16.9 Å². The second-order valence-electron chi connectivity index (χ2n) is 9.15. The van der Waals surface area contributed by atoms with E-state index < -0.39 is 5.60 Å². The van der Waals surface area contributed by atoms with Crippen molar-refractivity contribution in [2.75, 3.05) is 5.32 Å². The van der Waals surface area contributed by atoms with Crippen molar-refractivity contribution in [3.63, 3.8) is 0 Å². The van der Waals surface area contributed by atoms with Gasteiger partial charge in [-0.25, -0.2) is 14.2 Å². The Kier molecular flexibility index (Phi) is 4.87. The highest BCUT2D eigenvalue weighted by Crippen LogP contribution is 2.62. The number of pyridine rings is 1. The number of carbonyl (C=O) groups is 2. The minimum atomic E-state index is -0.545. The van der Waals surface area contributed by atoms with Crippen LogP contribution in [0.25, 0.3) is 0 Å². The Morgan fingerprint density at radius 2 is 2.11 bits per heavy atom. The summed E-state index contributed by atoms with van der Waals surface area (Å²) in [7, 11) is 0. The predicted molar refractivity (Wildman–Crippen MR) is 125 cm³/mol. The highest BCUT2D eigenvalue weighted by molar-refractivity contribution is 5.93. The first kappa shape index (κ1) is 21.4. The van der Waals surface area contributed by atoms with Gasteiger partial charge in [-0.05, 0) is 43.7 Å². The van der Waals surface area contributed by atoms with Crippen LogP contribution in [-0.2, 0) is 17.8 Å². The van der Waals surface area contributed by atoms with Crippen LogP contribution in [0.2, 0.25) is 0 Å². The van der Waals surface area contributed by atoms with Gasteiger partial charge in [-0.1, -0.05) is 18.2 Å². The molecule has 178 valence electrons. The molecule has 1 aromatic heterocycles. The first-order chi connectivity index (χ1) is 16.9. The van der Waals surface area contributed by atoms with Crippen molar-refractivity contribution in [3.05, 3.63) is 77.2 Å². The van der Waals surface area contributed by atoms with Crippen LogP contribution in [-0.4, -0.2) is 28.6 Å². The third kappa shape index (κ3) is 3.73. The lowest BCUT2D eigenvalue weighted by atomic mass is 10.1. The van der Waals surface area contributed by atoms with Crippen molar-refractivity contribution in [1.82, 2.24) is 15.6 Å². The number of halogens is 1. The molecule has 3 aliphatic rings. The first-order valence-electron chi connectivity index (χ1n) is 11.5. The Labute approximate surface area is 200 Å². The van der Waals surface area contributed by atoms with Crippen LogP contribution in [0, 0.1) is 5.82 Å². The lowest BCUT2D eigenvalue weighted by Gasteiger charge is -2.19. The predicted octanol–water partition coefficient (Wildman–Crippen LogP) is 4.01. The van der Waals surface area contributed by atoms with Crippen molar-refractivity contribution in [3.8, 4) is 17.2 Å². The molecule has 0 bridgehead atoms. The molecule has 9 heteroatoms. The summed E-state index contributed by atoms with van der Waals surface area (Å²) in [6, 6.07) is 13.2. The van der Waals surface area contributed by atoms with Crippen LogP contribution in [0.15, 0.2) is 54.7 Å². The molecule has 35 heavy (non-hydrogen) atoms. The van der Waals surface area contributed by atoms with Crippen LogP contribution in [0.4, 0.5) is 15.0 Å². The Hall–Kier alpha value is -4.14. The number of ether oxygens (including phenoxy) is 2. The third-order valence-electron chi connectivity index (χ3n) is 6.89. The minimum absolute atomic E-state index is 0.0223. The van der Waals surface area contributed by atoms with Crippen LogP contribution in [0.1, 0.15) is 36.0 Å². The SMILES string of the molecule is CC12Oc3ccc(Oc4ccnc5c4CCC(=O)N5)cc3[C@H]1[C@@H]2NC(=O)NCc1ccccc1F. The number of anilines is 1. The summed E-state index contributed by atoms with van der Waals surface area (Å²) < 4.78 is 26.1. The fourth-order valence-electron chi connectivity index (χ4n) is 4.98. The second-order valence-corrected chi connectivity index (χ2v) is 9.15. The van der Waals surface area contributed by atoms with Crippen LogP contribution in [0.5, 0.6) is 17.2 Å². The molecule has 2 aromatic carbocycles. The van der Waals surface area contributed by atoms with Gasteiger partial charge in [0.1, 0.15) is 34.5 Å². The summed E-state index contributed by atoms with van der Waals surface area (Å²) in [5.41, 5.74) is 1.70.